The van der Waals surface area contributed by atoms with E-state index in [4.69, 9.17) is 10.7 Å². The number of aromatic amines is 1. The van der Waals surface area contributed by atoms with Crippen LogP contribution in [0.1, 0.15) is 19.8 Å². The number of pyridine rings is 1. The SMILES string of the molecule is CC1(N)CCN(c2nc3nc(Sc4cccc5cnccc45)cnc3[nH]2)CC1. The van der Waals surface area contributed by atoms with E-state index in [9.17, 15) is 0 Å². The van der Waals surface area contributed by atoms with Crippen LogP contribution in [-0.4, -0.2) is 43.5 Å². The third-order valence-corrected chi connectivity index (χ3v) is 6.22. The maximum Gasteiger partial charge on any atom is 0.206 e. The molecule has 8 heteroatoms. The van der Waals surface area contributed by atoms with Crippen LogP contribution in [0.15, 0.2) is 52.8 Å². The second kappa shape index (κ2) is 6.72. The van der Waals surface area contributed by atoms with Crippen LogP contribution in [0.4, 0.5) is 5.95 Å². The first kappa shape index (κ1) is 17.4. The Morgan fingerprint density at radius 3 is 2.86 bits per heavy atom. The van der Waals surface area contributed by atoms with Crippen LogP contribution in [0.5, 0.6) is 0 Å². The number of hydrogen-bond acceptors (Lipinski definition) is 7. The minimum Gasteiger partial charge on any atom is -0.342 e. The van der Waals surface area contributed by atoms with Gasteiger partial charge in [0.2, 0.25) is 5.95 Å². The number of fused-ring (bicyclic) bond motifs is 2. The molecular formula is C20H21N7S. The van der Waals surface area contributed by atoms with E-state index in [1.165, 1.54) is 0 Å². The van der Waals surface area contributed by atoms with Crippen LogP contribution in [-0.2, 0) is 0 Å². The molecule has 3 N–H and O–H groups in total. The number of imidazole rings is 1. The summed E-state index contributed by atoms with van der Waals surface area (Å²) in [7, 11) is 0. The highest BCUT2D eigenvalue weighted by Crippen LogP contribution is 2.32. The zero-order valence-corrected chi connectivity index (χ0v) is 16.4. The van der Waals surface area contributed by atoms with E-state index in [-0.39, 0.29) is 5.54 Å². The molecule has 1 fully saturated rings. The number of anilines is 1. The van der Waals surface area contributed by atoms with Gasteiger partial charge in [-0.1, -0.05) is 23.9 Å². The van der Waals surface area contributed by atoms with E-state index in [1.54, 1.807) is 18.0 Å². The standard InChI is InChI=1S/C20H21N7S/c1-20(21)6-9-27(10-7-20)19-25-17-18(26-19)24-16(12-23-17)28-15-4-2-3-13-11-22-8-5-14(13)15/h2-5,8,11-12H,6-7,9-10,21H2,1H3,(H,23,24,25,26). The number of nitrogens with zero attached hydrogens (tertiary/aromatic N) is 5. The highest BCUT2D eigenvalue weighted by molar-refractivity contribution is 7.99. The van der Waals surface area contributed by atoms with Gasteiger partial charge in [-0.15, -0.1) is 0 Å². The fraction of sp³-hybridized carbons (Fsp3) is 0.300. The maximum absolute atomic E-state index is 6.24. The lowest BCUT2D eigenvalue weighted by Crippen LogP contribution is -2.48. The monoisotopic (exact) mass is 391 g/mol. The molecule has 5 rings (SSSR count). The molecule has 1 aliphatic rings. The van der Waals surface area contributed by atoms with Crippen molar-refractivity contribution in [2.45, 2.75) is 35.2 Å². The summed E-state index contributed by atoms with van der Waals surface area (Å²) >= 11 is 1.59. The Morgan fingerprint density at radius 1 is 1.14 bits per heavy atom. The minimum atomic E-state index is -0.0865. The van der Waals surface area contributed by atoms with Gasteiger partial charge in [0.1, 0.15) is 5.03 Å². The van der Waals surface area contributed by atoms with Crippen LogP contribution in [0.25, 0.3) is 22.1 Å². The van der Waals surface area contributed by atoms with Gasteiger partial charge in [0.25, 0.3) is 0 Å². The first-order valence-electron chi connectivity index (χ1n) is 9.35. The molecule has 1 aromatic carbocycles. The van der Waals surface area contributed by atoms with Gasteiger partial charge in [-0.3, -0.25) is 4.98 Å². The van der Waals surface area contributed by atoms with E-state index < -0.39 is 0 Å². The molecule has 4 aromatic rings. The largest absolute Gasteiger partial charge is 0.342 e. The number of nitrogens with one attached hydrogen (secondary N) is 1. The summed E-state index contributed by atoms with van der Waals surface area (Å²) in [6.45, 7) is 3.88. The fourth-order valence-electron chi connectivity index (χ4n) is 3.49. The van der Waals surface area contributed by atoms with E-state index in [0.29, 0.717) is 11.3 Å². The van der Waals surface area contributed by atoms with Crippen molar-refractivity contribution in [2.24, 2.45) is 5.73 Å². The van der Waals surface area contributed by atoms with Crippen LogP contribution >= 0.6 is 11.8 Å². The summed E-state index contributed by atoms with van der Waals surface area (Å²) in [5.41, 5.74) is 7.50. The van der Waals surface area contributed by atoms with Gasteiger partial charge >= 0.3 is 0 Å². The van der Waals surface area contributed by atoms with E-state index >= 15 is 0 Å². The van der Waals surface area contributed by atoms with Crippen LogP contribution in [0, 0.1) is 0 Å². The molecule has 3 aromatic heterocycles. The number of aromatic nitrogens is 5. The quantitative estimate of drug-likeness (QED) is 0.553. The van der Waals surface area contributed by atoms with E-state index in [0.717, 1.165) is 52.6 Å². The van der Waals surface area contributed by atoms with Crippen LogP contribution < -0.4 is 10.6 Å². The summed E-state index contributed by atoms with van der Waals surface area (Å²) in [4.78, 5) is 24.8. The lowest BCUT2D eigenvalue weighted by Gasteiger charge is -2.36. The molecule has 1 saturated heterocycles. The fourth-order valence-corrected chi connectivity index (χ4v) is 4.39. The molecule has 0 spiro atoms. The van der Waals surface area contributed by atoms with Crippen molar-refractivity contribution in [2.75, 3.05) is 18.0 Å². The Morgan fingerprint density at radius 2 is 2.00 bits per heavy atom. The van der Waals surface area contributed by atoms with Gasteiger partial charge in [-0.25, -0.2) is 9.97 Å². The highest BCUT2D eigenvalue weighted by Gasteiger charge is 2.27. The first-order chi connectivity index (χ1) is 13.6. The topological polar surface area (TPSA) is 96.6 Å². The average Bonchev–Trinajstić information content (AvgIpc) is 3.11. The molecular weight excluding hydrogens is 370 g/mol. The third kappa shape index (κ3) is 3.29. The van der Waals surface area contributed by atoms with E-state index in [1.807, 2.05) is 24.5 Å². The van der Waals surface area contributed by atoms with Crippen molar-refractivity contribution < 1.29 is 0 Å². The van der Waals surface area contributed by atoms with Gasteiger partial charge in [0.05, 0.1) is 6.20 Å². The van der Waals surface area contributed by atoms with Gasteiger partial charge in [-0.2, -0.15) is 4.98 Å². The summed E-state index contributed by atoms with van der Waals surface area (Å²) in [6.07, 6.45) is 7.37. The van der Waals surface area contributed by atoms with Crippen LogP contribution in [0.2, 0.25) is 0 Å². The molecule has 0 bridgehead atoms. The average molecular weight is 392 g/mol. The lowest BCUT2D eigenvalue weighted by molar-refractivity contribution is 0.362. The zero-order chi connectivity index (χ0) is 19.1. The molecule has 0 atom stereocenters. The van der Waals surface area contributed by atoms with Gasteiger partial charge in [0.15, 0.2) is 11.3 Å². The molecule has 0 amide bonds. The van der Waals surface area contributed by atoms with E-state index in [2.05, 4.69) is 43.9 Å². The Hall–Kier alpha value is -2.71. The molecule has 0 aliphatic carbocycles. The summed E-state index contributed by atoms with van der Waals surface area (Å²) in [5.74, 6) is 0.823. The Kier molecular flexibility index (Phi) is 4.17. The normalized spacial score (nSPS) is 16.7. The summed E-state index contributed by atoms with van der Waals surface area (Å²) < 4.78 is 0. The zero-order valence-electron chi connectivity index (χ0n) is 15.6. The molecule has 4 heterocycles. The Bertz CT molecular complexity index is 1140. The van der Waals surface area contributed by atoms with Crippen molar-refractivity contribution in [3.8, 4) is 0 Å². The van der Waals surface area contributed by atoms with Crippen molar-refractivity contribution >= 4 is 39.8 Å². The molecule has 7 nitrogen and oxygen atoms in total. The number of H-pyrrole nitrogens is 1. The first-order valence-corrected chi connectivity index (χ1v) is 10.2. The predicted octanol–water partition coefficient (Wildman–Crippen LogP) is 3.37. The number of hydrogen-bond donors (Lipinski definition) is 2. The smallest absolute Gasteiger partial charge is 0.206 e. The highest BCUT2D eigenvalue weighted by atomic mass is 32.2. The Labute approximate surface area is 166 Å². The lowest BCUT2D eigenvalue weighted by atomic mass is 9.91. The predicted molar refractivity (Wildman–Crippen MR) is 112 cm³/mol. The second-order valence-corrected chi connectivity index (χ2v) is 8.60. The molecule has 142 valence electrons. The number of nitrogens with two attached hydrogens (primary N) is 1. The van der Waals surface area contributed by atoms with Gasteiger partial charge < -0.3 is 15.6 Å². The third-order valence-electron chi connectivity index (χ3n) is 5.23. The summed E-state index contributed by atoms with van der Waals surface area (Å²) in [6, 6.07) is 8.21. The minimum absolute atomic E-state index is 0.0865. The van der Waals surface area contributed by atoms with Crippen LogP contribution in [0.3, 0.4) is 0 Å². The van der Waals surface area contributed by atoms with Gasteiger partial charge in [0, 0.05) is 41.3 Å². The van der Waals surface area contributed by atoms with Crippen molar-refractivity contribution in [3.63, 3.8) is 0 Å². The molecule has 0 unspecified atom stereocenters. The van der Waals surface area contributed by atoms with Gasteiger partial charge in [-0.05, 0) is 37.3 Å². The molecule has 1 aliphatic heterocycles. The maximum atomic E-state index is 6.24. The molecule has 28 heavy (non-hydrogen) atoms. The number of rotatable bonds is 3. The number of benzene rings is 1. The van der Waals surface area contributed by atoms with Crippen molar-refractivity contribution in [1.29, 1.82) is 0 Å². The summed E-state index contributed by atoms with van der Waals surface area (Å²) in [5, 5.41) is 3.09. The number of piperidine rings is 1. The molecule has 0 saturated carbocycles. The van der Waals surface area contributed by atoms with Crippen molar-refractivity contribution in [1.82, 2.24) is 24.9 Å². The molecule has 0 radical (unpaired) electrons. The Balaban J connectivity index is 1.42. The van der Waals surface area contributed by atoms with Crippen molar-refractivity contribution in [3.05, 3.63) is 42.9 Å². The second-order valence-electron chi connectivity index (χ2n) is 7.54.